The van der Waals surface area contributed by atoms with E-state index in [0.717, 1.165) is 36.4 Å². The van der Waals surface area contributed by atoms with Crippen LogP contribution in [0.4, 0.5) is 0 Å². The molecule has 114 valence electrons. The van der Waals surface area contributed by atoms with Crippen LogP contribution in [-0.4, -0.2) is 53.1 Å². The fourth-order valence-corrected chi connectivity index (χ4v) is 3.36. The number of hydrogen-bond acceptors (Lipinski definition) is 4. The van der Waals surface area contributed by atoms with Gasteiger partial charge in [-0.05, 0) is 36.3 Å². The van der Waals surface area contributed by atoms with Gasteiger partial charge in [0.2, 0.25) is 0 Å². The van der Waals surface area contributed by atoms with Crippen molar-refractivity contribution >= 4 is 15.9 Å². The lowest BCUT2D eigenvalue weighted by Gasteiger charge is -2.39. The summed E-state index contributed by atoms with van der Waals surface area (Å²) in [6.07, 6.45) is 2.00. The molecule has 1 saturated heterocycles. The Bertz CT molecular complexity index is 415. The van der Waals surface area contributed by atoms with Gasteiger partial charge in [-0.2, -0.15) is 5.10 Å². The maximum atomic E-state index is 6.04. The largest absolute Gasteiger partial charge is 0.374 e. The van der Waals surface area contributed by atoms with E-state index in [1.165, 1.54) is 0 Å². The van der Waals surface area contributed by atoms with Gasteiger partial charge in [0.1, 0.15) is 0 Å². The Morgan fingerprint density at radius 1 is 1.55 bits per heavy atom. The molecule has 20 heavy (non-hydrogen) atoms. The fourth-order valence-electron chi connectivity index (χ4n) is 2.76. The molecule has 0 radical (unpaired) electrons. The number of aryl methyl sites for hydroxylation is 1. The molecular formula is C14H25BrN4O. The van der Waals surface area contributed by atoms with Crippen LogP contribution in [0.3, 0.4) is 0 Å². The maximum Gasteiger partial charge on any atom is 0.0912 e. The molecule has 0 spiro atoms. The monoisotopic (exact) mass is 344 g/mol. The lowest BCUT2D eigenvalue weighted by atomic mass is 10.0. The topological polar surface area (TPSA) is 42.3 Å². The van der Waals surface area contributed by atoms with E-state index >= 15 is 0 Å². The normalized spacial score (nSPS) is 22.4. The van der Waals surface area contributed by atoms with Gasteiger partial charge < -0.3 is 10.1 Å². The minimum absolute atomic E-state index is 0.151. The highest BCUT2D eigenvalue weighted by Gasteiger charge is 2.32. The number of aromatic nitrogens is 2. The van der Waals surface area contributed by atoms with Crippen molar-refractivity contribution in [3.8, 4) is 0 Å². The molecular weight excluding hydrogens is 320 g/mol. The third-order valence-electron chi connectivity index (χ3n) is 3.88. The second-order valence-electron chi connectivity index (χ2n) is 5.53. The first-order valence-corrected chi connectivity index (χ1v) is 8.10. The molecule has 1 aromatic heterocycles. The van der Waals surface area contributed by atoms with Crippen molar-refractivity contribution in [1.29, 1.82) is 0 Å². The quantitative estimate of drug-likeness (QED) is 0.886. The summed E-state index contributed by atoms with van der Waals surface area (Å²) in [6.45, 7) is 10.3. The first-order valence-electron chi connectivity index (χ1n) is 7.31. The van der Waals surface area contributed by atoms with E-state index in [2.05, 4.69) is 52.0 Å². The summed E-state index contributed by atoms with van der Waals surface area (Å²) in [5.74, 6) is 0. The van der Waals surface area contributed by atoms with E-state index in [1.54, 1.807) is 0 Å². The van der Waals surface area contributed by atoms with Crippen LogP contribution >= 0.6 is 15.9 Å². The van der Waals surface area contributed by atoms with Crippen LogP contribution in [0.5, 0.6) is 0 Å². The number of morpholine rings is 1. The zero-order valence-electron chi connectivity index (χ0n) is 12.8. The summed E-state index contributed by atoms with van der Waals surface area (Å²) in [7, 11) is 1.98. The predicted octanol–water partition coefficient (Wildman–Crippen LogP) is 1.94. The third kappa shape index (κ3) is 3.42. The van der Waals surface area contributed by atoms with Crippen molar-refractivity contribution in [3.63, 3.8) is 0 Å². The summed E-state index contributed by atoms with van der Waals surface area (Å²) < 4.78 is 9.00. The lowest BCUT2D eigenvalue weighted by Crippen LogP contribution is -2.50. The minimum atomic E-state index is 0.151. The first kappa shape index (κ1) is 15.9. The molecule has 1 fully saturated rings. The number of nitrogens with one attached hydrogen (secondary N) is 1. The van der Waals surface area contributed by atoms with Gasteiger partial charge >= 0.3 is 0 Å². The molecule has 2 rings (SSSR count). The highest BCUT2D eigenvalue weighted by Crippen LogP contribution is 2.28. The number of ether oxygens (including phenoxy) is 1. The molecule has 6 heteroatoms. The second kappa shape index (κ2) is 7.02. The molecule has 1 N–H and O–H groups in total. The van der Waals surface area contributed by atoms with Crippen LogP contribution in [0.15, 0.2) is 10.7 Å². The summed E-state index contributed by atoms with van der Waals surface area (Å²) in [5.41, 5.74) is 1.16. The van der Waals surface area contributed by atoms with Crippen LogP contribution in [0.2, 0.25) is 0 Å². The molecule has 1 aromatic rings. The SMILES string of the molecule is CCNC(c1c(Br)cnn1C)C1CN(C(C)C)CCO1. The summed E-state index contributed by atoms with van der Waals surface area (Å²) >= 11 is 3.61. The average Bonchev–Trinajstić information content (AvgIpc) is 2.76. The predicted molar refractivity (Wildman–Crippen MR) is 83.8 cm³/mol. The van der Waals surface area contributed by atoms with Gasteiger partial charge in [-0.3, -0.25) is 9.58 Å². The van der Waals surface area contributed by atoms with E-state index in [1.807, 2.05) is 17.9 Å². The molecule has 2 atom stereocenters. The molecule has 0 aromatic carbocycles. The van der Waals surface area contributed by atoms with Gasteiger partial charge in [-0.25, -0.2) is 0 Å². The van der Waals surface area contributed by atoms with E-state index in [-0.39, 0.29) is 12.1 Å². The smallest absolute Gasteiger partial charge is 0.0912 e. The van der Waals surface area contributed by atoms with E-state index in [0.29, 0.717) is 6.04 Å². The Hall–Kier alpha value is -0.430. The van der Waals surface area contributed by atoms with E-state index in [4.69, 9.17) is 4.74 Å². The molecule has 1 aliphatic heterocycles. The molecule has 5 nitrogen and oxygen atoms in total. The molecule has 0 aliphatic carbocycles. The zero-order valence-corrected chi connectivity index (χ0v) is 14.4. The van der Waals surface area contributed by atoms with E-state index in [9.17, 15) is 0 Å². The van der Waals surface area contributed by atoms with Crippen molar-refractivity contribution in [1.82, 2.24) is 20.0 Å². The van der Waals surface area contributed by atoms with Crippen molar-refractivity contribution in [3.05, 3.63) is 16.4 Å². The molecule has 0 bridgehead atoms. The minimum Gasteiger partial charge on any atom is -0.374 e. The molecule has 2 heterocycles. The van der Waals surface area contributed by atoms with Gasteiger partial charge in [0, 0.05) is 26.2 Å². The summed E-state index contributed by atoms with van der Waals surface area (Å²) in [6, 6.07) is 0.710. The number of halogens is 1. The molecule has 1 aliphatic rings. The standard InChI is InChI=1S/C14H25BrN4O/c1-5-16-13(14-11(15)8-17-18(14)4)12-9-19(10(2)3)6-7-20-12/h8,10,12-13,16H,5-7,9H2,1-4H3. The van der Waals surface area contributed by atoms with Crippen LogP contribution in [0.25, 0.3) is 0 Å². The van der Waals surface area contributed by atoms with Crippen molar-refractivity contribution in [2.45, 2.75) is 39.0 Å². The van der Waals surface area contributed by atoms with Crippen LogP contribution in [-0.2, 0) is 11.8 Å². The Balaban J connectivity index is 2.20. The van der Waals surface area contributed by atoms with Gasteiger partial charge in [-0.15, -0.1) is 0 Å². The lowest BCUT2D eigenvalue weighted by molar-refractivity contribution is -0.0571. The highest BCUT2D eigenvalue weighted by atomic mass is 79.9. The first-order chi connectivity index (χ1) is 9.54. The van der Waals surface area contributed by atoms with Gasteiger partial charge in [0.05, 0.1) is 35.1 Å². The zero-order chi connectivity index (χ0) is 14.7. The maximum absolute atomic E-state index is 6.04. The highest BCUT2D eigenvalue weighted by molar-refractivity contribution is 9.10. The third-order valence-corrected chi connectivity index (χ3v) is 4.49. The van der Waals surface area contributed by atoms with E-state index < -0.39 is 0 Å². The van der Waals surface area contributed by atoms with Gasteiger partial charge in [0.25, 0.3) is 0 Å². The Kier molecular flexibility index (Phi) is 5.60. The number of nitrogens with zero attached hydrogens (tertiary/aromatic N) is 3. The van der Waals surface area contributed by atoms with Crippen LogP contribution in [0, 0.1) is 0 Å². The number of rotatable bonds is 5. The summed E-state index contributed by atoms with van der Waals surface area (Å²) in [5, 5.41) is 7.88. The van der Waals surface area contributed by atoms with Gasteiger partial charge in [0.15, 0.2) is 0 Å². The molecule has 0 saturated carbocycles. The average molecular weight is 345 g/mol. The Morgan fingerprint density at radius 3 is 2.85 bits per heavy atom. The fraction of sp³-hybridized carbons (Fsp3) is 0.786. The Labute approximate surface area is 129 Å². The van der Waals surface area contributed by atoms with Crippen molar-refractivity contribution < 1.29 is 4.74 Å². The number of likely N-dealkylation sites (N-methyl/N-ethyl adjacent to an activating group) is 1. The van der Waals surface area contributed by atoms with Crippen LogP contribution < -0.4 is 5.32 Å². The molecule has 2 unspecified atom stereocenters. The molecule has 0 amide bonds. The number of hydrogen-bond donors (Lipinski definition) is 1. The Morgan fingerprint density at radius 2 is 2.30 bits per heavy atom. The van der Waals surface area contributed by atoms with Gasteiger partial charge in [-0.1, -0.05) is 6.92 Å². The van der Waals surface area contributed by atoms with Crippen molar-refractivity contribution in [2.24, 2.45) is 7.05 Å². The summed E-state index contributed by atoms with van der Waals surface area (Å²) in [4.78, 5) is 2.47. The second-order valence-corrected chi connectivity index (χ2v) is 6.39. The van der Waals surface area contributed by atoms with Crippen LogP contribution in [0.1, 0.15) is 32.5 Å². The van der Waals surface area contributed by atoms with Crippen molar-refractivity contribution in [2.75, 3.05) is 26.2 Å².